The number of hydrogen-bond donors (Lipinski definition) is 1. The summed E-state index contributed by atoms with van der Waals surface area (Å²) in [6.07, 6.45) is 1.82. The quantitative estimate of drug-likeness (QED) is 0.379. The normalized spacial score (nSPS) is 13.3. The molecular formula is C29H27ClN6O. The van der Waals surface area contributed by atoms with Crippen LogP contribution in [0.5, 0.6) is 0 Å². The number of pyridine rings is 2. The van der Waals surface area contributed by atoms with E-state index in [-0.39, 0.29) is 5.82 Å². The number of nitrogens with zero attached hydrogens (tertiary/aromatic N) is 5. The van der Waals surface area contributed by atoms with Crippen LogP contribution in [-0.2, 0) is 4.74 Å². The van der Waals surface area contributed by atoms with Gasteiger partial charge in [-0.1, -0.05) is 35.9 Å². The molecule has 8 heteroatoms. The maximum Gasteiger partial charge on any atom is 0.142 e. The van der Waals surface area contributed by atoms with E-state index < -0.39 is 0 Å². The van der Waals surface area contributed by atoms with Gasteiger partial charge in [0.15, 0.2) is 0 Å². The molecule has 1 fully saturated rings. The number of nitrogens with two attached hydrogens (primary N) is 1. The van der Waals surface area contributed by atoms with Crippen molar-refractivity contribution in [2.75, 3.05) is 55.9 Å². The van der Waals surface area contributed by atoms with Crippen LogP contribution in [-0.4, -0.2) is 50.4 Å². The molecule has 5 rings (SSSR count). The van der Waals surface area contributed by atoms with E-state index in [9.17, 15) is 5.26 Å². The smallest absolute Gasteiger partial charge is 0.142 e. The molecule has 4 aromatic rings. The van der Waals surface area contributed by atoms with E-state index in [1.807, 2.05) is 85.9 Å². The van der Waals surface area contributed by atoms with Crippen molar-refractivity contribution in [2.24, 2.45) is 0 Å². The minimum atomic E-state index is 0.165. The van der Waals surface area contributed by atoms with Crippen LogP contribution in [0.15, 0.2) is 66.9 Å². The zero-order chi connectivity index (χ0) is 25.9. The number of anilines is 3. The second-order valence-electron chi connectivity index (χ2n) is 9.04. The van der Waals surface area contributed by atoms with Crippen molar-refractivity contribution >= 4 is 28.9 Å². The molecule has 2 aromatic carbocycles. The van der Waals surface area contributed by atoms with Crippen LogP contribution in [0.3, 0.4) is 0 Å². The fraction of sp³-hybridized carbons (Fsp3) is 0.207. The molecule has 0 amide bonds. The van der Waals surface area contributed by atoms with E-state index in [0.29, 0.717) is 35.1 Å². The molecule has 186 valence electrons. The highest BCUT2D eigenvalue weighted by molar-refractivity contribution is 6.31. The van der Waals surface area contributed by atoms with Crippen LogP contribution < -0.4 is 15.5 Å². The maximum atomic E-state index is 10.1. The number of halogens is 1. The van der Waals surface area contributed by atoms with E-state index in [4.69, 9.17) is 32.0 Å². The Hall–Kier alpha value is -4.12. The summed E-state index contributed by atoms with van der Waals surface area (Å²) in [5.74, 6) is 1.05. The molecule has 2 aromatic heterocycles. The van der Waals surface area contributed by atoms with E-state index in [0.717, 1.165) is 46.8 Å². The van der Waals surface area contributed by atoms with E-state index >= 15 is 0 Å². The average Bonchev–Trinajstić information content (AvgIpc) is 2.93. The number of nitrogen functional groups attached to an aromatic ring is 1. The molecule has 3 heterocycles. The molecule has 0 unspecified atom stereocenters. The molecule has 1 aliphatic heterocycles. The fourth-order valence-corrected chi connectivity index (χ4v) is 4.76. The SMILES string of the molecule is CN(C)c1ccc(-c2c(-c3ccc(N4CCOCC4)nc3)nc(N)c(C#N)c2-c2cccc(Cl)c2)cc1. The molecule has 0 aliphatic carbocycles. The van der Waals surface area contributed by atoms with Crippen molar-refractivity contribution in [3.05, 3.63) is 77.4 Å². The van der Waals surface area contributed by atoms with Gasteiger partial charge in [-0.15, -0.1) is 0 Å². The van der Waals surface area contributed by atoms with Gasteiger partial charge in [0.25, 0.3) is 0 Å². The molecule has 0 radical (unpaired) electrons. The molecule has 2 N–H and O–H groups in total. The number of hydrogen-bond acceptors (Lipinski definition) is 7. The molecule has 0 saturated carbocycles. The number of benzene rings is 2. The Labute approximate surface area is 221 Å². The topological polar surface area (TPSA) is 91.3 Å². The Kier molecular flexibility index (Phi) is 6.95. The number of rotatable bonds is 5. The standard InChI is InChI=1S/C29H27ClN6O/c1-35(2)23-9-6-19(7-10-23)27-26(20-4-3-5-22(30)16-20)24(17-31)29(32)34-28(27)21-8-11-25(33-18-21)36-12-14-37-15-13-36/h3-11,16,18H,12-15H2,1-2H3,(H2,32,34). The molecule has 7 nitrogen and oxygen atoms in total. The van der Waals surface area contributed by atoms with Gasteiger partial charge in [-0.3, -0.25) is 0 Å². The molecule has 1 aliphatic rings. The average molecular weight is 511 g/mol. The second-order valence-corrected chi connectivity index (χ2v) is 9.48. The predicted octanol–water partition coefficient (Wildman–Crippen LogP) is 5.49. The van der Waals surface area contributed by atoms with Crippen LogP contribution in [0.2, 0.25) is 5.02 Å². The molecular weight excluding hydrogens is 484 g/mol. The Morgan fingerprint density at radius 3 is 2.32 bits per heavy atom. The summed E-state index contributed by atoms with van der Waals surface area (Å²) in [4.78, 5) is 13.7. The number of ether oxygens (including phenoxy) is 1. The summed E-state index contributed by atoms with van der Waals surface area (Å²) in [7, 11) is 4.00. The van der Waals surface area contributed by atoms with Crippen molar-refractivity contribution < 1.29 is 4.74 Å². The van der Waals surface area contributed by atoms with Crippen molar-refractivity contribution in [1.82, 2.24) is 9.97 Å². The number of nitriles is 1. The van der Waals surface area contributed by atoms with Crippen LogP contribution >= 0.6 is 11.6 Å². The molecule has 0 bridgehead atoms. The molecule has 0 atom stereocenters. The van der Waals surface area contributed by atoms with Crippen LogP contribution in [0.1, 0.15) is 5.56 Å². The first-order valence-electron chi connectivity index (χ1n) is 12.0. The first kappa shape index (κ1) is 24.6. The third kappa shape index (κ3) is 4.94. The minimum Gasteiger partial charge on any atom is -0.383 e. The van der Waals surface area contributed by atoms with E-state index in [1.54, 1.807) is 0 Å². The minimum absolute atomic E-state index is 0.165. The lowest BCUT2D eigenvalue weighted by molar-refractivity contribution is 0.122. The third-order valence-electron chi connectivity index (χ3n) is 6.48. The van der Waals surface area contributed by atoms with Gasteiger partial charge < -0.3 is 20.3 Å². The maximum absolute atomic E-state index is 10.1. The first-order valence-corrected chi connectivity index (χ1v) is 12.4. The van der Waals surface area contributed by atoms with Crippen LogP contribution in [0.25, 0.3) is 33.5 Å². The largest absolute Gasteiger partial charge is 0.383 e. The van der Waals surface area contributed by atoms with Gasteiger partial charge in [-0.25, -0.2) is 9.97 Å². The Balaban J connectivity index is 1.74. The first-order chi connectivity index (χ1) is 18.0. The zero-order valence-electron chi connectivity index (χ0n) is 20.8. The zero-order valence-corrected chi connectivity index (χ0v) is 21.5. The summed E-state index contributed by atoms with van der Waals surface area (Å²) in [5, 5.41) is 10.7. The van der Waals surface area contributed by atoms with Gasteiger partial charge in [-0.05, 0) is 47.5 Å². The van der Waals surface area contributed by atoms with Gasteiger partial charge >= 0.3 is 0 Å². The van der Waals surface area contributed by atoms with Gasteiger partial charge in [0, 0.05) is 60.8 Å². The van der Waals surface area contributed by atoms with Crippen molar-refractivity contribution in [3.63, 3.8) is 0 Å². The van der Waals surface area contributed by atoms with E-state index in [2.05, 4.69) is 11.0 Å². The lowest BCUT2D eigenvalue weighted by atomic mass is 9.88. The van der Waals surface area contributed by atoms with Gasteiger partial charge in [-0.2, -0.15) is 5.26 Å². The van der Waals surface area contributed by atoms with E-state index in [1.165, 1.54) is 0 Å². The Morgan fingerprint density at radius 1 is 0.973 bits per heavy atom. The third-order valence-corrected chi connectivity index (χ3v) is 6.71. The molecule has 0 spiro atoms. The van der Waals surface area contributed by atoms with Crippen LogP contribution in [0, 0.1) is 11.3 Å². The molecule has 1 saturated heterocycles. The van der Waals surface area contributed by atoms with Crippen molar-refractivity contribution in [3.8, 4) is 39.6 Å². The highest BCUT2D eigenvalue weighted by Gasteiger charge is 2.23. The monoisotopic (exact) mass is 510 g/mol. The van der Waals surface area contributed by atoms with Gasteiger partial charge in [0.05, 0.1) is 18.9 Å². The second kappa shape index (κ2) is 10.5. The summed E-state index contributed by atoms with van der Waals surface area (Å²) < 4.78 is 5.47. The number of aromatic nitrogens is 2. The van der Waals surface area contributed by atoms with Crippen LogP contribution in [0.4, 0.5) is 17.3 Å². The van der Waals surface area contributed by atoms with Crippen molar-refractivity contribution in [2.45, 2.75) is 0 Å². The summed E-state index contributed by atoms with van der Waals surface area (Å²) in [6, 6.07) is 21.9. The molecule has 37 heavy (non-hydrogen) atoms. The predicted molar refractivity (Wildman–Crippen MR) is 150 cm³/mol. The summed E-state index contributed by atoms with van der Waals surface area (Å²) in [5.41, 5.74) is 12.4. The van der Waals surface area contributed by atoms with Gasteiger partial charge in [0.2, 0.25) is 0 Å². The fourth-order valence-electron chi connectivity index (χ4n) is 4.57. The highest BCUT2D eigenvalue weighted by Crippen LogP contribution is 2.43. The summed E-state index contributed by atoms with van der Waals surface area (Å²) in [6.45, 7) is 2.98. The lowest BCUT2D eigenvalue weighted by Crippen LogP contribution is -2.36. The van der Waals surface area contributed by atoms with Crippen molar-refractivity contribution in [1.29, 1.82) is 5.26 Å². The summed E-state index contributed by atoms with van der Waals surface area (Å²) >= 11 is 6.37. The highest BCUT2D eigenvalue weighted by atomic mass is 35.5. The van der Waals surface area contributed by atoms with Gasteiger partial charge in [0.1, 0.15) is 23.3 Å². The number of morpholine rings is 1. The Bertz CT molecular complexity index is 1460. The Morgan fingerprint density at radius 2 is 1.70 bits per heavy atom. The lowest BCUT2D eigenvalue weighted by Gasteiger charge is -2.27.